The number of nitrogens with one attached hydrogen (secondary N) is 1. The molecule has 7 nitrogen and oxygen atoms in total. The molecule has 1 heterocycles. The molecule has 1 N–H and O–H groups in total. The molecule has 4 rings (SSSR count). The van der Waals surface area contributed by atoms with Gasteiger partial charge < -0.3 is 24.4 Å². The van der Waals surface area contributed by atoms with Gasteiger partial charge in [-0.1, -0.05) is 36.4 Å². The number of fused-ring (bicyclic) bond motifs is 1. The summed E-state index contributed by atoms with van der Waals surface area (Å²) in [5.74, 6) is 0.574. The summed E-state index contributed by atoms with van der Waals surface area (Å²) in [7, 11) is 4.56. The highest BCUT2D eigenvalue weighted by Gasteiger charge is 2.36. The fraction of sp³-hybridized carbons (Fsp3) is 0.250. The van der Waals surface area contributed by atoms with Gasteiger partial charge in [0.05, 0.1) is 32.9 Å². The van der Waals surface area contributed by atoms with Crippen LogP contribution in [0, 0.1) is 5.92 Å². The molecule has 0 radical (unpaired) electrons. The first-order chi connectivity index (χ1) is 15.0. The Morgan fingerprint density at radius 2 is 1.65 bits per heavy atom. The molecule has 1 unspecified atom stereocenters. The first kappa shape index (κ1) is 20.5. The molecule has 2 amide bonds. The highest BCUT2D eigenvalue weighted by Crippen LogP contribution is 2.42. The van der Waals surface area contributed by atoms with E-state index in [4.69, 9.17) is 14.2 Å². The van der Waals surface area contributed by atoms with Crippen LogP contribution in [0.15, 0.2) is 54.6 Å². The minimum absolute atomic E-state index is 0.132. The zero-order chi connectivity index (χ0) is 22.0. The van der Waals surface area contributed by atoms with Crippen molar-refractivity contribution >= 4 is 34.0 Å². The van der Waals surface area contributed by atoms with Crippen molar-refractivity contribution in [3.63, 3.8) is 0 Å². The van der Waals surface area contributed by atoms with Crippen LogP contribution >= 0.6 is 0 Å². The van der Waals surface area contributed by atoms with Crippen molar-refractivity contribution in [3.05, 3.63) is 54.6 Å². The van der Waals surface area contributed by atoms with Gasteiger partial charge in [0, 0.05) is 36.2 Å². The van der Waals surface area contributed by atoms with Crippen LogP contribution in [0.4, 0.5) is 11.4 Å². The van der Waals surface area contributed by atoms with E-state index in [1.54, 1.807) is 17.0 Å². The smallest absolute Gasteiger partial charge is 0.229 e. The van der Waals surface area contributed by atoms with Crippen LogP contribution in [0.1, 0.15) is 6.42 Å². The number of ether oxygens (including phenoxy) is 3. The van der Waals surface area contributed by atoms with E-state index in [-0.39, 0.29) is 24.8 Å². The summed E-state index contributed by atoms with van der Waals surface area (Å²) in [4.78, 5) is 27.3. The van der Waals surface area contributed by atoms with Crippen LogP contribution in [-0.4, -0.2) is 39.7 Å². The average molecular weight is 420 g/mol. The molecule has 1 saturated heterocycles. The lowest BCUT2D eigenvalue weighted by Gasteiger charge is -2.20. The molecule has 3 aromatic rings. The summed E-state index contributed by atoms with van der Waals surface area (Å²) in [6, 6.07) is 17.0. The quantitative estimate of drug-likeness (QED) is 0.655. The second kappa shape index (κ2) is 8.55. The Bertz CT molecular complexity index is 1110. The van der Waals surface area contributed by atoms with E-state index in [0.717, 1.165) is 16.5 Å². The molecule has 1 aliphatic rings. The minimum Gasteiger partial charge on any atom is -0.493 e. The number of benzene rings is 3. The second-order valence-electron chi connectivity index (χ2n) is 7.30. The largest absolute Gasteiger partial charge is 0.493 e. The SMILES string of the molecule is COc1cc(N2CC(C(=O)Nc3cccc4ccccc34)CC2=O)cc(OC)c1OC. The van der Waals surface area contributed by atoms with Gasteiger partial charge in [0.2, 0.25) is 17.6 Å². The number of amides is 2. The molecule has 0 aromatic heterocycles. The molecule has 7 heteroatoms. The Kier molecular flexibility index (Phi) is 5.66. The Hall–Kier alpha value is -3.74. The van der Waals surface area contributed by atoms with E-state index in [1.807, 2.05) is 42.5 Å². The number of methoxy groups -OCH3 is 3. The fourth-order valence-corrected chi connectivity index (χ4v) is 3.93. The lowest BCUT2D eigenvalue weighted by molar-refractivity contribution is -0.122. The normalized spacial score (nSPS) is 15.8. The van der Waals surface area contributed by atoms with E-state index in [0.29, 0.717) is 22.9 Å². The molecule has 31 heavy (non-hydrogen) atoms. The summed E-state index contributed by atoms with van der Waals surface area (Å²) in [6.45, 7) is 0.272. The topological polar surface area (TPSA) is 77.1 Å². The molecule has 0 saturated carbocycles. The number of carbonyl (C=O) groups excluding carboxylic acids is 2. The van der Waals surface area contributed by atoms with Crippen molar-refractivity contribution in [2.75, 3.05) is 38.1 Å². The Balaban J connectivity index is 1.56. The van der Waals surface area contributed by atoms with E-state index < -0.39 is 5.92 Å². The van der Waals surface area contributed by atoms with Gasteiger partial charge in [-0.25, -0.2) is 0 Å². The van der Waals surface area contributed by atoms with Crippen LogP contribution in [0.25, 0.3) is 10.8 Å². The molecule has 160 valence electrons. The number of nitrogens with zero attached hydrogens (tertiary/aromatic N) is 1. The minimum atomic E-state index is -0.467. The average Bonchev–Trinajstić information content (AvgIpc) is 3.20. The predicted octanol–water partition coefficient (Wildman–Crippen LogP) is 3.86. The second-order valence-corrected chi connectivity index (χ2v) is 7.30. The third kappa shape index (κ3) is 3.86. The summed E-state index contributed by atoms with van der Waals surface area (Å²) in [6.07, 6.45) is 0.132. The van der Waals surface area contributed by atoms with Gasteiger partial charge in [-0.2, -0.15) is 0 Å². The predicted molar refractivity (Wildman–Crippen MR) is 119 cm³/mol. The van der Waals surface area contributed by atoms with Crippen LogP contribution in [0.5, 0.6) is 17.2 Å². The number of hydrogen-bond acceptors (Lipinski definition) is 5. The van der Waals surface area contributed by atoms with Crippen LogP contribution in [0.2, 0.25) is 0 Å². The zero-order valence-electron chi connectivity index (χ0n) is 17.7. The number of rotatable bonds is 6. The van der Waals surface area contributed by atoms with Crippen molar-refractivity contribution in [2.24, 2.45) is 5.92 Å². The third-order valence-electron chi connectivity index (χ3n) is 5.50. The lowest BCUT2D eigenvalue weighted by atomic mass is 10.1. The molecule has 0 spiro atoms. The van der Waals surface area contributed by atoms with Crippen molar-refractivity contribution in [3.8, 4) is 17.2 Å². The van der Waals surface area contributed by atoms with Crippen LogP contribution < -0.4 is 24.4 Å². The van der Waals surface area contributed by atoms with Crippen molar-refractivity contribution in [1.82, 2.24) is 0 Å². The highest BCUT2D eigenvalue weighted by molar-refractivity contribution is 6.07. The van der Waals surface area contributed by atoms with Crippen LogP contribution in [0.3, 0.4) is 0 Å². The maximum absolute atomic E-state index is 13.0. The van der Waals surface area contributed by atoms with Crippen LogP contribution in [-0.2, 0) is 9.59 Å². The Morgan fingerprint density at radius 1 is 0.968 bits per heavy atom. The first-order valence-electron chi connectivity index (χ1n) is 9.94. The fourth-order valence-electron chi connectivity index (χ4n) is 3.93. The van der Waals surface area contributed by atoms with Crippen molar-refractivity contribution in [1.29, 1.82) is 0 Å². The Morgan fingerprint density at radius 3 is 2.32 bits per heavy atom. The monoisotopic (exact) mass is 420 g/mol. The summed E-state index contributed by atoms with van der Waals surface area (Å²) >= 11 is 0. The Labute approximate surface area is 180 Å². The van der Waals surface area contributed by atoms with Gasteiger partial charge in [-0.05, 0) is 11.5 Å². The van der Waals surface area contributed by atoms with Gasteiger partial charge in [-0.3, -0.25) is 9.59 Å². The molecule has 0 aliphatic carbocycles. The summed E-state index contributed by atoms with van der Waals surface area (Å²) < 4.78 is 16.1. The van der Waals surface area contributed by atoms with E-state index in [2.05, 4.69) is 5.32 Å². The first-order valence-corrected chi connectivity index (χ1v) is 9.94. The molecular formula is C24H24N2O5. The standard InChI is InChI=1S/C24H24N2O5/c1-29-20-12-17(13-21(30-2)23(20)31-3)26-14-16(11-22(26)27)24(28)25-19-10-6-8-15-7-4-5-9-18(15)19/h4-10,12-13,16H,11,14H2,1-3H3,(H,25,28). The third-order valence-corrected chi connectivity index (χ3v) is 5.50. The van der Waals surface area contributed by atoms with E-state index in [1.165, 1.54) is 21.3 Å². The molecule has 1 aliphatic heterocycles. The maximum atomic E-state index is 13.0. The molecule has 0 bridgehead atoms. The molecule has 3 aromatic carbocycles. The molecule has 1 fully saturated rings. The number of hydrogen-bond donors (Lipinski definition) is 1. The number of anilines is 2. The van der Waals surface area contributed by atoms with Crippen molar-refractivity contribution < 1.29 is 23.8 Å². The highest BCUT2D eigenvalue weighted by atomic mass is 16.5. The lowest BCUT2D eigenvalue weighted by Crippen LogP contribution is -2.28. The van der Waals surface area contributed by atoms with E-state index >= 15 is 0 Å². The van der Waals surface area contributed by atoms with Gasteiger partial charge in [0.15, 0.2) is 11.5 Å². The van der Waals surface area contributed by atoms with Gasteiger partial charge in [-0.15, -0.1) is 0 Å². The van der Waals surface area contributed by atoms with Gasteiger partial charge >= 0.3 is 0 Å². The van der Waals surface area contributed by atoms with Crippen molar-refractivity contribution in [2.45, 2.75) is 6.42 Å². The summed E-state index contributed by atoms with van der Waals surface area (Å²) in [5, 5.41) is 5.00. The van der Waals surface area contributed by atoms with Gasteiger partial charge in [0.25, 0.3) is 0 Å². The maximum Gasteiger partial charge on any atom is 0.229 e. The van der Waals surface area contributed by atoms with Gasteiger partial charge in [0.1, 0.15) is 0 Å². The van der Waals surface area contributed by atoms with E-state index in [9.17, 15) is 9.59 Å². The zero-order valence-corrected chi connectivity index (χ0v) is 17.7. The molecule has 1 atom stereocenters. The number of carbonyl (C=O) groups is 2. The molecular weight excluding hydrogens is 396 g/mol. The summed E-state index contributed by atoms with van der Waals surface area (Å²) in [5.41, 5.74) is 1.33.